The molecule has 1 aromatic rings. The summed E-state index contributed by atoms with van der Waals surface area (Å²) in [6.45, 7) is 9.43. The lowest BCUT2D eigenvalue weighted by Gasteiger charge is -2.47. The third-order valence-electron chi connectivity index (χ3n) is 5.17. The molecule has 26 heavy (non-hydrogen) atoms. The molecule has 1 saturated carbocycles. The molecule has 1 aliphatic carbocycles. The van der Waals surface area contributed by atoms with Crippen molar-refractivity contribution in [3.63, 3.8) is 0 Å². The normalized spacial score (nSPS) is 22.0. The maximum atomic E-state index is 12.7. The Hall–Kier alpha value is -1.56. The van der Waals surface area contributed by atoms with Gasteiger partial charge in [-0.05, 0) is 58.6 Å². The summed E-state index contributed by atoms with van der Waals surface area (Å²) >= 11 is 0. The lowest BCUT2D eigenvalue weighted by molar-refractivity contribution is -0.0515. The van der Waals surface area contributed by atoms with Gasteiger partial charge in [0.05, 0.1) is 6.61 Å². The fourth-order valence-corrected chi connectivity index (χ4v) is 3.68. The second-order valence-corrected chi connectivity index (χ2v) is 8.42. The highest BCUT2D eigenvalue weighted by Crippen LogP contribution is 2.37. The Bertz CT molecular complexity index is 614. The minimum Gasteiger partial charge on any atom is -0.489 e. The second kappa shape index (κ2) is 7.59. The van der Waals surface area contributed by atoms with Crippen molar-refractivity contribution in [3.05, 3.63) is 18.2 Å². The molecule has 4 nitrogen and oxygen atoms in total. The van der Waals surface area contributed by atoms with Gasteiger partial charge in [0.1, 0.15) is 0 Å². The van der Waals surface area contributed by atoms with E-state index >= 15 is 0 Å². The first-order valence-corrected chi connectivity index (χ1v) is 9.47. The van der Waals surface area contributed by atoms with Crippen LogP contribution in [0.1, 0.15) is 40.5 Å². The van der Waals surface area contributed by atoms with Gasteiger partial charge in [-0.1, -0.05) is 0 Å². The molecule has 3 rings (SSSR count). The van der Waals surface area contributed by atoms with E-state index in [0.29, 0.717) is 24.3 Å². The fraction of sp³-hybridized carbons (Fsp3) is 0.700. The molecule has 1 saturated heterocycles. The van der Waals surface area contributed by atoms with Crippen LogP contribution in [0, 0.1) is 5.92 Å². The first-order valence-electron chi connectivity index (χ1n) is 9.47. The van der Waals surface area contributed by atoms with Gasteiger partial charge in [-0.2, -0.15) is 8.78 Å². The summed E-state index contributed by atoms with van der Waals surface area (Å²) in [5.41, 5.74) is 1.14. The molecule has 1 heterocycles. The number of rotatable bonds is 6. The molecule has 1 aliphatic heterocycles. The van der Waals surface area contributed by atoms with Crippen LogP contribution in [0.2, 0.25) is 0 Å². The monoisotopic (exact) mass is 368 g/mol. The molecule has 0 N–H and O–H groups in total. The standard InChI is InChI=1S/C20H30F2N2O2/c1-14-12-23(9-10-24(14)20(2,3)4)16-7-8-17(26-19(21)22)18(11-16)25-13-15-5-6-15/h7-8,11,14-15,19H,5-6,9-10,12-13H2,1-4H3/t14-/m0/s1. The van der Waals surface area contributed by atoms with Crippen molar-refractivity contribution in [2.75, 3.05) is 31.1 Å². The average molecular weight is 368 g/mol. The van der Waals surface area contributed by atoms with Crippen molar-refractivity contribution in [1.29, 1.82) is 0 Å². The maximum absolute atomic E-state index is 12.7. The van der Waals surface area contributed by atoms with E-state index < -0.39 is 6.61 Å². The van der Waals surface area contributed by atoms with E-state index in [1.54, 1.807) is 6.07 Å². The molecule has 0 unspecified atom stereocenters. The van der Waals surface area contributed by atoms with E-state index in [2.05, 4.69) is 42.2 Å². The highest BCUT2D eigenvalue weighted by Gasteiger charge is 2.31. The third-order valence-corrected chi connectivity index (χ3v) is 5.17. The highest BCUT2D eigenvalue weighted by atomic mass is 19.3. The predicted octanol–water partition coefficient (Wildman–Crippen LogP) is 4.39. The number of hydrogen-bond donors (Lipinski definition) is 0. The molecule has 2 fully saturated rings. The molecule has 2 aliphatic rings. The van der Waals surface area contributed by atoms with Crippen LogP contribution in [0.5, 0.6) is 11.5 Å². The van der Waals surface area contributed by atoms with Crippen molar-refractivity contribution in [3.8, 4) is 11.5 Å². The van der Waals surface area contributed by atoms with Gasteiger partial charge in [-0.25, -0.2) is 0 Å². The molecular formula is C20H30F2N2O2. The first-order chi connectivity index (χ1) is 12.2. The summed E-state index contributed by atoms with van der Waals surface area (Å²) < 4.78 is 35.8. The Morgan fingerprint density at radius 1 is 1.15 bits per heavy atom. The Morgan fingerprint density at radius 2 is 1.88 bits per heavy atom. The number of benzene rings is 1. The van der Waals surface area contributed by atoms with Gasteiger partial charge >= 0.3 is 6.61 Å². The van der Waals surface area contributed by atoms with Gasteiger partial charge in [0, 0.05) is 43.0 Å². The van der Waals surface area contributed by atoms with Crippen molar-refractivity contribution in [1.82, 2.24) is 4.90 Å². The van der Waals surface area contributed by atoms with Crippen LogP contribution in [0.4, 0.5) is 14.5 Å². The number of piperazine rings is 1. The minimum atomic E-state index is -2.85. The Balaban J connectivity index is 1.73. The van der Waals surface area contributed by atoms with Crippen molar-refractivity contribution >= 4 is 5.69 Å². The van der Waals surface area contributed by atoms with Gasteiger partial charge < -0.3 is 14.4 Å². The van der Waals surface area contributed by atoms with Crippen LogP contribution in [0.3, 0.4) is 0 Å². The van der Waals surface area contributed by atoms with E-state index in [9.17, 15) is 8.78 Å². The SMILES string of the molecule is C[C@H]1CN(c2ccc(OC(F)F)c(OCC3CC3)c2)CCN1C(C)(C)C. The molecule has 6 heteroatoms. The molecule has 0 amide bonds. The van der Waals surface area contributed by atoms with Gasteiger partial charge in [0.2, 0.25) is 0 Å². The number of alkyl halides is 2. The Morgan fingerprint density at radius 3 is 2.46 bits per heavy atom. The van der Waals surface area contributed by atoms with E-state index in [-0.39, 0.29) is 11.3 Å². The average Bonchev–Trinajstić information content (AvgIpc) is 3.36. The summed E-state index contributed by atoms with van der Waals surface area (Å²) in [5, 5.41) is 0. The molecular weight excluding hydrogens is 338 g/mol. The van der Waals surface area contributed by atoms with Crippen LogP contribution >= 0.6 is 0 Å². The first kappa shape index (κ1) is 19.2. The smallest absolute Gasteiger partial charge is 0.387 e. The third kappa shape index (κ3) is 4.78. The van der Waals surface area contributed by atoms with Gasteiger partial charge in [-0.3, -0.25) is 4.90 Å². The van der Waals surface area contributed by atoms with Crippen LogP contribution in [-0.2, 0) is 0 Å². The molecule has 0 radical (unpaired) electrons. The zero-order valence-electron chi connectivity index (χ0n) is 16.2. The van der Waals surface area contributed by atoms with Crippen LogP contribution in [-0.4, -0.2) is 49.3 Å². The summed E-state index contributed by atoms with van der Waals surface area (Å²) in [4.78, 5) is 4.80. The zero-order chi connectivity index (χ0) is 18.9. The number of ether oxygens (including phenoxy) is 2. The van der Waals surface area contributed by atoms with E-state index in [0.717, 1.165) is 38.2 Å². The second-order valence-electron chi connectivity index (χ2n) is 8.42. The molecule has 146 valence electrons. The van der Waals surface area contributed by atoms with Gasteiger partial charge in [-0.15, -0.1) is 0 Å². The lowest BCUT2D eigenvalue weighted by Crippen LogP contribution is -2.58. The minimum absolute atomic E-state index is 0.116. The summed E-state index contributed by atoms with van der Waals surface area (Å²) in [6.07, 6.45) is 2.30. The largest absolute Gasteiger partial charge is 0.489 e. The van der Waals surface area contributed by atoms with Crippen molar-refractivity contribution < 1.29 is 18.3 Å². The van der Waals surface area contributed by atoms with Crippen LogP contribution < -0.4 is 14.4 Å². The lowest BCUT2D eigenvalue weighted by atomic mass is 10.0. The van der Waals surface area contributed by atoms with Crippen LogP contribution in [0.15, 0.2) is 18.2 Å². The molecule has 1 aromatic carbocycles. The Kier molecular flexibility index (Phi) is 5.61. The summed E-state index contributed by atoms with van der Waals surface area (Å²) in [6, 6.07) is 5.71. The number of nitrogens with zero attached hydrogens (tertiary/aromatic N) is 2. The number of anilines is 1. The van der Waals surface area contributed by atoms with Crippen LogP contribution in [0.25, 0.3) is 0 Å². The quantitative estimate of drug-likeness (QED) is 0.744. The maximum Gasteiger partial charge on any atom is 0.387 e. The highest BCUT2D eigenvalue weighted by molar-refractivity contribution is 5.57. The molecule has 0 aromatic heterocycles. The number of hydrogen-bond acceptors (Lipinski definition) is 4. The van der Waals surface area contributed by atoms with Gasteiger partial charge in [0.15, 0.2) is 11.5 Å². The van der Waals surface area contributed by atoms with E-state index in [4.69, 9.17) is 4.74 Å². The summed E-state index contributed by atoms with van der Waals surface area (Å²) in [5.74, 6) is 1.08. The Labute approximate surface area is 155 Å². The topological polar surface area (TPSA) is 24.9 Å². The fourth-order valence-electron chi connectivity index (χ4n) is 3.68. The van der Waals surface area contributed by atoms with Crippen molar-refractivity contribution in [2.24, 2.45) is 5.92 Å². The molecule has 0 bridgehead atoms. The molecule has 1 atom stereocenters. The summed E-state index contributed by atoms with van der Waals surface area (Å²) in [7, 11) is 0. The zero-order valence-corrected chi connectivity index (χ0v) is 16.2. The van der Waals surface area contributed by atoms with E-state index in [1.165, 1.54) is 0 Å². The molecule has 0 spiro atoms. The predicted molar refractivity (Wildman–Crippen MR) is 99.4 cm³/mol. The van der Waals surface area contributed by atoms with E-state index in [1.807, 2.05) is 12.1 Å². The van der Waals surface area contributed by atoms with Gasteiger partial charge in [0.25, 0.3) is 0 Å². The number of halogens is 2. The van der Waals surface area contributed by atoms with Crippen molar-refractivity contribution in [2.45, 2.75) is 58.7 Å².